The third kappa shape index (κ3) is 2.33. The molecule has 24 heavy (non-hydrogen) atoms. The number of rotatable bonds is 3. The van der Waals surface area contributed by atoms with Crippen molar-refractivity contribution in [2.75, 3.05) is 12.8 Å². The number of aromatic nitrogens is 4. The molecule has 7 heteroatoms. The second-order valence-corrected chi connectivity index (χ2v) is 6.12. The van der Waals surface area contributed by atoms with Gasteiger partial charge in [-0.3, -0.25) is 9.55 Å². The molecule has 0 radical (unpaired) electrons. The molecule has 2 aromatic heterocycles. The number of anilines is 1. The van der Waals surface area contributed by atoms with Gasteiger partial charge in [0.2, 0.25) is 0 Å². The third-order valence-electron chi connectivity index (χ3n) is 4.65. The highest BCUT2D eigenvalue weighted by Crippen LogP contribution is 2.31. The van der Waals surface area contributed by atoms with Crippen molar-refractivity contribution in [2.45, 2.75) is 31.7 Å². The molecule has 0 aliphatic heterocycles. The second kappa shape index (κ2) is 5.67. The zero-order chi connectivity index (χ0) is 16.7. The van der Waals surface area contributed by atoms with E-state index in [1.165, 1.54) is 0 Å². The molecule has 3 aromatic rings. The summed E-state index contributed by atoms with van der Waals surface area (Å²) < 4.78 is 7.03. The number of hydrogen-bond acceptors (Lipinski definition) is 5. The van der Waals surface area contributed by atoms with E-state index in [-0.39, 0.29) is 11.7 Å². The fourth-order valence-electron chi connectivity index (χ4n) is 3.40. The van der Waals surface area contributed by atoms with Gasteiger partial charge in [-0.1, -0.05) is 18.9 Å². The lowest BCUT2D eigenvalue weighted by atomic mass is 10.1. The smallest absolute Gasteiger partial charge is 0.329 e. The highest BCUT2D eigenvalue weighted by Gasteiger charge is 2.22. The molecule has 7 nitrogen and oxygen atoms in total. The number of nitrogens with two attached hydrogens (primary N) is 1. The van der Waals surface area contributed by atoms with E-state index in [1.54, 1.807) is 23.9 Å². The second-order valence-electron chi connectivity index (χ2n) is 6.12. The number of nitrogens with zero attached hydrogens (tertiary/aromatic N) is 3. The Balaban J connectivity index is 1.86. The van der Waals surface area contributed by atoms with Crippen molar-refractivity contribution in [3.8, 4) is 17.0 Å². The Morgan fingerprint density at radius 1 is 1.33 bits per heavy atom. The summed E-state index contributed by atoms with van der Waals surface area (Å²) in [4.78, 5) is 24.2. The molecule has 2 heterocycles. The minimum atomic E-state index is -0.135. The van der Waals surface area contributed by atoms with Crippen molar-refractivity contribution < 1.29 is 4.74 Å². The molecular weight excluding hydrogens is 306 g/mol. The average Bonchev–Trinajstić information content (AvgIpc) is 3.21. The molecule has 1 aliphatic rings. The molecule has 1 aliphatic carbocycles. The fourth-order valence-corrected chi connectivity index (χ4v) is 3.40. The van der Waals surface area contributed by atoms with Gasteiger partial charge in [0.05, 0.1) is 24.7 Å². The van der Waals surface area contributed by atoms with Crippen LogP contribution in [0, 0.1) is 0 Å². The molecule has 0 atom stereocenters. The van der Waals surface area contributed by atoms with Crippen molar-refractivity contribution in [3.63, 3.8) is 0 Å². The summed E-state index contributed by atoms with van der Waals surface area (Å²) in [6.45, 7) is 0. The normalized spacial score (nSPS) is 15.2. The monoisotopic (exact) mass is 325 g/mol. The van der Waals surface area contributed by atoms with E-state index in [2.05, 4.69) is 15.0 Å². The Labute approximate surface area is 138 Å². The summed E-state index contributed by atoms with van der Waals surface area (Å²) in [5.41, 5.74) is 8.97. The van der Waals surface area contributed by atoms with Crippen molar-refractivity contribution in [2.24, 2.45) is 0 Å². The summed E-state index contributed by atoms with van der Waals surface area (Å²) in [6.07, 6.45) is 5.96. The zero-order valence-corrected chi connectivity index (χ0v) is 13.5. The van der Waals surface area contributed by atoms with Gasteiger partial charge < -0.3 is 10.5 Å². The van der Waals surface area contributed by atoms with Crippen LogP contribution in [0.2, 0.25) is 0 Å². The molecule has 4 rings (SSSR count). The molecule has 3 N–H and O–H groups in total. The predicted molar refractivity (Wildman–Crippen MR) is 92.1 cm³/mol. The van der Waals surface area contributed by atoms with Gasteiger partial charge in [0, 0.05) is 11.6 Å². The quantitative estimate of drug-likeness (QED) is 0.721. The summed E-state index contributed by atoms with van der Waals surface area (Å²) in [6, 6.07) is 5.69. The molecule has 0 unspecified atom stereocenters. The van der Waals surface area contributed by atoms with Gasteiger partial charge in [-0.05, 0) is 25.0 Å². The van der Waals surface area contributed by atoms with Crippen LogP contribution in [0.15, 0.2) is 29.2 Å². The lowest BCUT2D eigenvalue weighted by Gasteiger charge is -2.11. The van der Waals surface area contributed by atoms with Crippen LogP contribution in [0.5, 0.6) is 5.75 Å². The fraction of sp³-hybridized carbons (Fsp3) is 0.353. The van der Waals surface area contributed by atoms with Gasteiger partial charge in [-0.2, -0.15) is 0 Å². The molecular formula is C17H19N5O2. The molecule has 0 spiro atoms. The van der Waals surface area contributed by atoms with Crippen molar-refractivity contribution in [3.05, 3.63) is 34.9 Å². The number of H-pyrrole nitrogens is 1. The van der Waals surface area contributed by atoms with E-state index >= 15 is 0 Å². The van der Waals surface area contributed by atoms with Crippen LogP contribution in [-0.2, 0) is 0 Å². The van der Waals surface area contributed by atoms with Gasteiger partial charge in [0.15, 0.2) is 11.3 Å². The number of hydrogen-bond donors (Lipinski definition) is 2. The Kier molecular flexibility index (Phi) is 3.48. The van der Waals surface area contributed by atoms with E-state index in [0.29, 0.717) is 28.4 Å². The summed E-state index contributed by atoms with van der Waals surface area (Å²) in [5.74, 6) is 0.594. The van der Waals surface area contributed by atoms with Crippen LogP contribution in [0.1, 0.15) is 31.7 Å². The number of aromatic amines is 1. The van der Waals surface area contributed by atoms with Crippen LogP contribution in [0.4, 0.5) is 5.69 Å². The van der Waals surface area contributed by atoms with Crippen LogP contribution in [-0.4, -0.2) is 26.6 Å². The highest BCUT2D eigenvalue weighted by atomic mass is 16.5. The number of fused-ring (bicyclic) bond motifs is 1. The van der Waals surface area contributed by atoms with Crippen molar-refractivity contribution >= 4 is 17.0 Å². The first-order valence-corrected chi connectivity index (χ1v) is 8.08. The molecule has 124 valence electrons. The number of nitrogen functional groups attached to an aromatic ring is 1. The third-order valence-corrected chi connectivity index (χ3v) is 4.65. The van der Waals surface area contributed by atoms with Gasteiger partial charge >= 0.3 is 5.69 Å². The van der Waals surface area contributed by atoms with Gasteiger partial charge in [-0.25, -0.2) is 14.8 Å². The Bertz CT molecular complexity index is 953. The minimum Gasteiger partial charge on any atom is -0.495 e. The van der Waals surface area contributed by atoms with E-state index in [0.717, 1.165) is 31.2 Å². The SMILES string of the molecule is COc1cc(-c2cnc3[nH]c(=O)n(C4CCCC4)c3n2)ccc1N. The first-order valence-electron chi connectivity index (χ1n) is 8.08. The molecule has 0 bridgehead atoms. The first-order chi connectivity index (χ1) is 11.7. The van der Waals surface area contributed by atoms with E-state index in [9.17, 15) is 4.79 Å². The number of ether oxygens (including phenoxy) is 1. The predicted octanol–water partition coefficient (Wildman–Crippen LogP) is 2.49. The molecule has 1 fully saturated rings. The van der Waals surface area contributed by atoms with E-state index in [4.69, 9.17) is 10.5 Å². The van der Waals surface area contributed by atoms with Gasteiger partial charge in [0.1, 0.15) is 5.75 Å². The number of imidazole rings is 1. The Morgan fingerprint density at radius 3 is 2.88 bits per heavy atom. The van der Waals surface area contributed by atoms with Crippen LogP contribution >= 0.6 is 0 Å². The maximum atomic E-state index is 12.3. The Hall–Kier alpha value is -2.83. The van der Waals surface area contributed by atoms with E-state index < -0.39 is 0 Å². The summed E-state index contributed by atoms with van der Waals surface area (Å²) in [7, 11) is 1.58. The van der Waals surface area contributed by atoms with Crippen LogP contribution in [0.25, 0.3) is 22.6 Å². The van der Waals surface area contributed by atoms with Crippen molar-refractivity contribution in [1.82, 2.24) is 19.5 Å². The maximum Gasteiger partial charge on any atom is 0.329 e. The Morgan fingerprint density at radius 2 is 2.12 bits per heavy atom. The number of methoxy groups -OCH3 is 1. The lowest BCUT2D eigenvalue weighted by Crippen LogP contribution is -2.20. The zero-order valence-electron chi connectivity index (χ0n) is 13.5. The number of benzene rings is 1. The van der Waals surface area contributed by atoms with Gasteiger partial charge in [-0.15, -0.1) is 0 Å². The minimum absolute atomic E-state index is 0.135. The van der Waals surface area contributed by atoms with Crippen LogP contribution in [0.3, 0.4) is 0 Å². The standard InChI is InChI=1S/C17H19N5O2/c1-24-14-8-10(6-7-12(14)18)13-9-19-15-16(20-13)22(17(23)21-15)11-4-2-3-5-11/h6-9,11H,2-5,18H2,1H3,(H,19,21,23). The van der Waals surface area contributed by atoms with E-state index in [1.807, 2.05) is 12.1 Å². The highest BCUT2D eigenvalue weighted by molar-refractivity contribution is 5.73. The van der Waals surface area contributed by atoms with Crippen molar-refractivity contribution in [1.29, 1.82) is 0 Å². The summed E-state index contributed by atoms with van der Waals surface area (Å²) >= 11 is 0. The topological polar surface area (TPSA) is 98.8 Å². The lowest BCUT2D eigenvalue weighted by molar-refractivity contribution is 0.417. The number of nitrogens with one attached hydrogen (secondary N) is 1. The van der Waals surface area contributed by atoms with Gasteiger partial charge in [0.25, 0.3) is 0 Å². The molecule has 1 aromatic carbocycles. The largest absolute Gasteiger partial charge is 0.495 e. The van der Waals surface area contributed by atoms with Crippen LogP contribution < -0.4 is 16.2 Å². The molecule has 0 amide bonds. The average molecular weight is 325 g/mol. The first kappa shape index (κ1) is 14.7. The molecule has 1 saturated carbocycles. The maximum absolute atomic E-state index is 12.3. The molecule has 0 saturated heterocycles. The summed E-state index contributed by atoms with van der Waals surface area (Å²) in [5, 5.41) is 0.